The Labute approximate surface area is 127 Å². The van der Waals surface area contributed by atoms with Gasteiger partial charge < -0.3 is 5.11 Å². The fraction of sp³-hybridized carbons (Fsp3) is 0.692. The average molecular weight is 311 g/mol. The molecule has 1 aliphatic rings. The molecule has 1 atom stereocenters. The van der Waals surface area contributed by atoms with Crippen molar-refractivity contribution >= 4 is 22.8 Å². The summed E-state index contributed by atoms with van der Waals surface area (Å²) < 4.78 is 0. The van der Waals surface area contributed by atoms with Crippen LogP contribution in [0.15, 0.2) is 0 Å². The molecule has 1 fully saturated rings. The predicted molar refractivity (Wildman–Crippen MR) is 78.9 cm³/mol. The van der Waals surface area contributed by atoms with E-state index < -0.39 is 6.10 Å². The molecule has 8 heteroatoms. The van der Waals surface area contributed by atoms with Crippen molar-refractivity contribution in [2.24, 2.45) is 5.92 Å². The van der Waals surface area contributed by atoms with E-state index in [9.17, 15) is 5.11 Å². The SMILES string of the molecule is CC(C)(C)c1nc(C(O)C2CN(CCl)C2)c2n[nH]nc2n1. The van der Waals surface area contributed by atoms with Crippen molar-refractivity contribution in [2.45, 2.75) is 32.3 Å². The van der Waals surface area contributed by atoms with Crippen LogP contribution in [0, 0.1) is 5.92 Å². The summed E-state index contributed by atoms with van der Waals surface area (Å²) in [4.78, 5) is 11.0. The molecule has 2 N–H and O–H groups in total. The first-order chi connectivity index (χ1) is 9.90. The smallest absolute Gasteiger partial charge is 0.205 e. The average Bonchev–Trinajstić information content (AvgIpc) is 2.83. The lowest BCUT2D eigenvalue weighted by Crippen LogP contribution is -2.48. The highest BCUT2D eigenvalue weighted by molar-refractivity contribution is 6.17. The Morgan fingerprint density at radius 3 is 2.67 bits per heavy atom. The van der Waals surface area contributed by atoms with Gasteiger partial charge in [-0.05, 0) is 0 Å². The van der Waals surface area contributed by atoms with Crippen LogP contribution in [0.5, 0.6) is 0 Å². The first kappa shape index (κ1) is 14.6. The number of H-pyrrole nitrogens is 1. The Bertz CT molecular complexity index is 646. The van der Waals surface area contributed by atoms with Gasteiger partial charge in [-0.1, -0.05) is 20.8 Å². The number of nitrogens with zero attached hydrogens (tertiary/aromatic N) is 5. The maximum Gasteiger partial charge on any atom is 0.205 e. The van der Waals surface area contributed by atoms with Crippen molar-refractivity contribution in [3.8, 4) is 0 Å². The Kier molecular flexibility index (Phi) is 3.59. The summed E-state index contributed by atoms with van der Waals surface area (Å²) in [7, 11) is 0. The maximum atomic E-state index is 10.6. The molecule has 0 aromatic carbocycles. The first-order valence-corrected chi connectivity index (χ1v) is 7.49. The van der Waals surface area contributed by atoms with Crippen LogP contribution in [0.25, 0.3) is 11.2 Å². The van der Waals surface area contributed by atoms with Gasteiger partial charge in [-0.25, -0.2) is 9.97 Å². The van der Waals surface area contributed by atoms with Crippen molar-refractivity contribution in [1.82, 2.24) is 30.3 Å². The third-order valence-electron chi connectivity index (χ3n) is 3.76. The lowest BCUT2D eigenvalue weighted by atomic mass is 9.91. The highest BCUT2D eigenvalue weighted by Crippen LogP contribution is 2.32. The van der Waals surface area contributed by atoms with Crippen molar-refractivity contribution in [2.75, 3.05) is 19.1 Å². The summed E-state index contributed by atoms with van der Waals surface area (Å²) in [5.41, 5.74) is 1.37. The fourth-order valence-electron chi connectivity index (χ4n) is 2.44. The van der Waals surface area contributed by atoms with Crippen LogP contribution in [0.4, 0.5) is 0 Å². The van der Waals surface area contributed by atoms with Crippen LogP contribution in [0.1, 0.15) is 38.4 Å². The molecule has 3 heterocycles. The van der Waals surface area contributed by atoms with Crippen LogP contribution < -0.4 is 0 Å². The standard InChI is InChI=1S/C13H19ClN6O/c1-13(2,3)12-15-8(9-11(16-12)18-19-17-9)10(21)7-4-20(5-7)6-14/h7,10,21H,4-6H2,1-3H3,(H,15,16,17,18,19). The Hall–Kier alpha value is -1.31. The largest absolute Gasteiger partial charge is 0.386 e. The van der Waals surface area contributed by atoms with E-state index in [0.717, 1.165) is 13.1 Å². The molecular formula is C13H19ClN6O. The summed E-state index contributed by atoms with van der Waals surface area (Å²) in [5, 5.41) is 21.3. The highest BCUT2D eigenvalue weighted by Gasteiger charge is 2.35. The third-order valence-corrected chi connectivity index (χ3v) is 4.10. The number of rotatable bonds is 3. The number of aromatic nitrogens is 5. The second kappa shape index (κ2) is 5.15. The zero-order valence-electron chi connectivity index (χ0n) is 12.3. The van der Waals surface area contributed by atoms with Gasteiger partial charge in [0.1, 0.15) is 17.6 Å². The number of aliphatic hydroxyl groups excluding tert-OH is 1. The molecule has 21 heavy (non-hydrogen) atoms. The molecular weight excluding hydrogens is 292 g/mol. The second-order valence-corrected chi connectivity index (χ2v) is 6.78. The molecule has 0 radical (unpaired) electrons. The molecule has 0 saturated carbocycles. The van der Waals surface area contributed by atoms with Gasteiger partial charge in [-0.2, -0.15) is 10.3 Å². The van der Waals surface area contributed by atoms with Gasteiger partial charge in [0.25, 0.3) is 0 Å². The molecule has 2 aromatic rings. The van der Waals surface area contributed by atoms with Crippen LogP contribution in [-0.4, -0.2) is 54.5 Å². The number of likely N-dealkylation sites (tertiary alicyclic amines) is 1. The molecule has 114 valence electrons. The van der Waals surface area contributed by atoms with E-state index in [0.29, 0.717) is 28.7 Å². The molecule has 1 aliphatic heterocycles. The van der Waals surface area contributed by atoms with E-state index >= 15 is 0 Å². The number of hydrogen-bond donors (Lipinski definition) is 2. The van der Waals surface area contributed by atoms with Gasteiger partial charge in [0.15, 0.2) is 5.52 Å². The number of hydrogen-bond acceptors (Lipinski definition) is 6. The van der Waals surface area contributed by atoms with Crippen molar-refractivity contribution in [1.29, 1.82) is 0 Å². The third kappa shape index (κ3) is 2.61. The van der Waals surface area contributed by atoms with Gasteiger partial charge in [-0.3, -0.25) is 4.90 Å². The lowest BCUT2D eigenvalue weighted by Gasteiger charge is -2.40. The second-order valence-electron chi connectivity index (χ2n) is 6.54. The molecule has 0 bridgehead atoms. The monoisotopic (exact) mass is 310 g/mol. The van der Waals surface area contributed by atoms with Gasteiger partial charge in [0, 0.05) is 24.4 Å². The summed E-state index contributed by atoms with van der Waals surface area (Å²) >= 11 is 5.77. The molecule has 1 unspecified atom stereocenters. The predicted octanol–water partition coefficient (Wildman–Crippen LogP) is 1.21. The zero-order valence-corrected chi connectivity index (χ0v) is 13.1. The molecule has 0 spiro atoms. The summed E-state index contributed by atoms with van der Waals surface area (Å²) in [6, 6.07) is 0.486. The molecule has 3 rings (SSSR count). The molecule has 0 aliphatic carbocycles. The van der Waals surface area contributed by atoms with E-state index in [4.69, 9.17) is 11.6 Å². The lowest BCUT2D eigenvalue weighted by molar-refractivity contribution is 0.00304. The normalized spacial score (nSPS) is 18.9. The number of aliphatic hydroxyl groups is 1. The van der Waals surface area contributed by atoms with Gasteiger partial charge in [0.05, 0.1) is 6.00 Å². The number of aromatic amines is 1. The molecule has 7 nitrogen and oxygen atoms in total. The van der Waals surface area contributed by atoms with Gasteiger partial charge in [0.2, 0.25) is 5.65 Å². The van der Waals surface area contributed by atoms with Crippen LogP contribution >= 0.6 is 11.6 Å². The molecule has 1 saturated heterocycles. The van der Waals surface area contributed by atoms with E-state index in [2.05, 4.69) is 30.3 Å². The Morgan fingerprint density at radius 1 is 1.33 bits per heavy atom. The minimum absolute atomic E-state index is 0.117. The van der Waals surface area contributed by atoms with E-state index in [1.54, 1.807) is 0 Å². The first-order valence-electron chi connectivity index (χ1n) is 6.95. The van der Waals surface area contributed by atoms with Crippen molar-refractivity contribution < 1.29 is 5.11 Å². The number of nitrogens with one attached hydrogen (secondary N) is 1. The summed E-state index contributed by atoms with van der Waals surface area (Å²) in [5.74, 6) is 0.776. The highest BCUT2D eigenvalue weighted by atomic mass is 35.5. The van der Waals surface area contributed by atoms with Gasteiger partial charge >= 0.3 is 0 Å². The van der Waals surface area contributed by atoms with Crippen LogP contribution in [0.2, 0.25) is 0 Å². The van der Waals surface area contributed by atoms with E-state index in [1.165, 1.54) is 0 Å². The minimum atomic E-state index is -0.679. The Balaban J connectivity index is 1.98. The molecule has 2 aromatic heterocycles. The topological polar surface area (TPSA) is 90.8 Å². The number of alkyl halides is 1. The maximum absolute atomic E-state index is 10.6. The van der Waals surface area contributed by atoms with Crippen LogP contribution in [0.3, 0.4) is 0 Å². The summed E-state index contributed by atoms with van der Waals surface area (Å²) in [6.07, 6.45) is -0.679. The minimum Gasteiger partial charge on any atom is -0.386 e. The quantitative estimate of drug-likeness (QED) is 0.654. The number of fused-ring (bicyclic) bond motifs is 1. The van der Waals surface area contributed by atoms with Crippen molar-refractivity contribution in [3.63, 3.8) is 0 Å². The summed E-state index contributed by atoms with van der Waals surface area (Å²) in [6.45, 7) is 7.62. The van der Waals surface area contributed by atoms with E-state index in [-0.39, 0.29) is 11.3 Å². The molecule has 0 amide bonds. The Morgan fingerprint density at radius 2 is 2.05 bits per heavy atom. The zero-order chi connectivity index (χ0) is 15.2. The van der Waals surface area contributed by atoms with Crippen molar-refractivity contribution in [3.05, 3.63) is 11.5 Å². The number of halogens is 1. The van der Waals surface area contributed by atoms with E-state index in [1.807, 2.05) is 20.8 Å². The fourth-order valence-corrected chi connectivity index (χ4v) is 2.63. The van der Waals surface area contributed by atoms with Gasteiger partial charge in [-0.15, -0.1) is 16.7 Å². The van der Waals surface area contributed by atoms with Crippen LogP contribution in [-0.2, 0) is 5.41 Å².